The number of hydrogen-bond acceptors (Lipinski definition) is 4. The number of likely N-dealkylation sites (tertiary alicyclic amines) is 1. The highest BCUT2D eigenvalue weighted by Crippen LogP contribution is 2.25. The third-order valence-electron chi connectivity index (χ3n) is 3.68. The van der Waals surface area contributed by atoms with Gasteiger partial charge in [0, 0.05) is 36.6 Å². The van der Waals surface area contributed by atoms with Crippen molar-refractivity contribution in [3.8, 4) is 5.75 Å². The van der Waals surface area contributed by atoms with Crippen molar-refractivity contribution in [2.45, 2.75) is 32.4 Å². The summed E-state index contributed by atoms with van der Waals surface area (Å²) in [4.78, 5) is 24.1. The molecule has 0 radical (unpaired) electrons. The van der Waals surface area contributed by atoms with Crippen molar-refractivity contribution in [3.63, 3.8) is 0 Å². The van der Waals surface area contributed by atoms with Gasteiger partial charge in [0.1, 0.15) is 5.75 Å². The van der Waals surface area contributed by atoms with Gasteiger partial charge >= 0.3 is 5.97 Å². The number of nitrogens with one attached hydrogen (secondary N) is 1. The number of ether oxygens (including phenoxy) is 1. The zero-order chi connectivity index (χ0) is 16.8. The van der Waals surface area contributed by atoms with Crippen molar-refractivity contribution in [2.75, 3.05) is 19.7 Å². The zero-order valence-electron chi connectivity index (χ0n) is 13.0. The molecule has 0 unspecified atom stereocenters. The second-order valence-corrected chi connectivity index (χ2v) is 6.15. The van der Waals surface area contributed by atoms with Gasteiger partial charge in [-0.25, -0.2) is 4.79 Å². The van der Waals surface area contributed by atoms with Gasteiger partial charge < -0.3 is 15.2 Å². The van der Waals surface area contributed by atoms with Crippen molar-refractivity contribution in [1.29, 1.82) is 0 Å². The maximum Gasteiger partial charge on any atom is 0.341 e. The van der Waals surface area contributed by atoms with Crippen molar-refractivity contribution < 1.29 is 19.4 Å². The highest BCUT2D eigenvalue weighted by molar-refractivity contribution is 6.30. The Labute approximate surface area is 140 Å². The molecule has 126 valence electrons. The molecule has 1 aromatic rings. The molecule has 1 atom stereocenters. The molecule has 1 aromatic carbocycles. The number of halogens is 1. The Kier molecular flexibility index (Phi) is 6.24. The predicted molar refractivity (Wildman–Crippen MR) is 86.7 cm³/mol. The average Bonchev–Trinajstić information content (AvgIpc) is 2.46. The van der Waals surface area contributed by atoms with Gasteiger partial charge in [0.05, 0.1) is 0 Å². The molecule has 2 N–H and O–H groups in total. The number of piperidine rings is 1. The maximum absolute atomic E-state index is 11.2. The van der Waals surface area contributed by atoms with E-state index in [1.807, 2.05) is 0 Å². The fourth-order valence-electron chi connectivity index (χ4n) is 2.80. The number of carboxylic acids is 1. The van der Waals surface area contributed by atoms with E-state index in [0.717, 1.165) is 31.5 Å². The third-order valence-corrected chi connectivity index (χ3v) is 3.92. The summed E-state index contributed by atoms with van der Waals surface area (Å²) in [6.07, 6.45) is 1.96. The molecule has 7 heteroatoms. The fraction of sp³-hybridized carbons (Fsp3) is 0.500. The second kappa shape index (κ2) is 8.17. The van der Waals surface area contributed by atoms with Crippen LogP contribution >= 0.6 is 11.6 Å². The maximum atomic E-state index is 11.2. The van der Waals surface area contributed by atoms with Crippen LogP contribution in [0.3, 0.4) is 0 Å². The summed E-state index contributed by atoms with van der Waals surface area (Å²) in [5.41, 5.74) is 0.849. The van der Waals surface area contributed by atoms with Crippen LogP contribution in [0.1, 0.15) is 25.3 Å². The highest BCUT2D eigenvalue weighted by Gasteiger charge is 2.21. The minimum absolute atomic E-state index is 0.0231. The largest absolute Gasteiger partial charge is 0.482 e. The van der Waals surface area contributed by atoms with Gasteiger partial charge in [-0.1, -0.05) is 11.6 Å². The fourth-order valence-corrected chi connectivity index (χ4v) is 2.99. The van der Waals surface area contributed by atoms with Gasteiger partial charge in [-0.3, -0.25) is 9.69 Å². The molecule has 23 heavy (non-hydrogen) atoms. The topological polar surface area (TPSA) is 78.9 Å². The molecule has 1 amide bonds. The van der Waals surface area contributed by atoms with E-state index in [1.54, 1.807) is 18.2 Å². The van der Waals surface area contributed by atoms with Crippen molar-refractivity contribution in [3.05, 3.63) is 28.8 Å². The third kappa shape index (κ3) is 5.73. The Hall–Kier alpha value is -1.79. The number of benzene rings is 1. The molecule has 1 heterocycles. The minimum atomic E-state index is -1.02. The lowest BCUT2D eigenvalue weighted by Gasteiger charge is -2.33. The lowest BCUT2D eigenvalue weighted by Crippen LogP contribution is -2.46. The Morgan fingerprint density at radius 1 is 1.48 bits per heavy atom. The first kappa shape index (κ1) is 17.6. The van der Waals surface area contributed by atoms with E-state index in [-0.39, 0.29) is 18.6 Å². The van der Waals surface area contributed by atoms with Gasteiger partial charge in [0.15, 0.2) is 6.61 Å². The minimum Gasteiger partial charge on any atom is -0.482 e. The van der Waals surface area contributed by atoms with Gasteiger partial charge in [-0.2, -0.15) is 0 Å². The van der Waals surface area contributed by atoms with Crippen LogP contribution in [0, 0.1) is 0 Å². The quantitative estimate of drug-likeness (QED) is 0.827. The molecular weight excluding hydrogens is 320 g/mol. The second-order valence-electron chi connectivity index (χ2n) is 5.71. The smallest absolute Gasteiger partial charge is 0.341 e. The molecule has 0 aromatic heterocycles. The number of amides is 1. The first-order chi connectivity index (χ1) is 10.9. The summed E-state index contributed by atoms with van der Waals surface area (Å²) in [5, 5.41) is 12.3. The summed E-state index contributed by atoms with van der Waals surface area (Å²) >= 11 is 6.05. The molecule has 1 fully saturated rings. The van der Waals surface area contributed by atoms with E-state index in [9.17, 15) is 9.59 Å². The van der Waals surface area contributed by atoms with Crippen molar-refractivity contribution in [1.82, 2.24) is 10.2 Å². The number of aliphatic carboxylic acids is 1. The summed E-state index contributed by atoms with van der Waals surface area (Å²) in [7, 11) is 0. The molecule has 1 aliphatic rings. The van der Waals surface area contributed by atoms with Crippen LogP contribution in [0.2, 0.25) is 5.02 Å². The Balaban J connectivity index is 2.04. The number of hydrogen-bond donors (Lipinski definition) is 2. The Bertz CT molecular complexity index is 579. The molecule has 1 saturated heterocycles. The standard InChI is InChI=1S/C16H21ClN2O4/c1-11(20)18-14-3-2-6-19(9-14)8-12-7-13(17)4-5-15(12)23-10-16(21)22/h4-5,7,14H,2-3,6,8-10H2,1H3,(H,18,20)(H,21,22)/t14-/m0/s1. The first-order valence-electron chi connectivity index (χ1n) is 7.56. The van der Waals surface area contributed by atoms with Crippen LogP contribution in [0.25, 0.3) is 0 Å². The molecular formula is C16H21ClN2O4. The number of carboxylic acid groups (broad SMARTS) is 1. The molecule has 2 rings (SSSR count). The van der Waals surface area contributed by atoms with Gasteiger partial charge in [0.2, 0.25) is 5.91 Å². The molecule has 0 bridgehead atoms. The Morgan fingerprint density at radius 2 is 2.26 bits per heavy atom. The average molecular weight is 341 g/mol. The zero-order valence-corrected chi connectivity index (χ0v) is 13.8. The lowest BCUT2D eigenvalue weighted by molar-refractivity contribution is -0.139. The molecule has 0 aliphatic carbocycles. The van der Waals surface area contributed by atoms with E-state index in [1.165, 1.54) is 6.92 Å². The van der Waals surface area contributed by atoms with Crippen molar-refractivity contribution in [2.24, 2.45) is 0 Å². The van der Waals surface area contributed by atoms with E-state index in [0.29, 0.717) is 17.3 Å². The van der Waals surface area contributed by atoms with Gasteiger partial charge in [-0.05, 0) is 37.6 Å². The normalized spacial score (nSPS) is 18.4. The summed E-state index contributed by atoms with van der Waals surface area (Å²) in [6, 6.07) is 5.30. The summed E-state index contributed by atoms with van der Waals surface area (Å²) in [5.74, 6) is -0.516. The molecule has 0 spiro atoms. The SMILES string of the molecule is CC(=O)N[C@H]1CCCN(Cc2cc(Cl)ccc2OCC(=O)O)C1. The van der Waals surface area contributed by atoms with Crippen LogP contribution in [0.5, 0.6) is 5.75 Å². The number of carbonyl (C=O) groups is 2. The molecule has 1 aliphatic heterocycles. The van der Waals surface area contributed by atoms with Gasteiger partial charge in [0.25, 0.3) is 0 Å². The number of carbonyl (C=O) groups excluding carboxylic acids is 1. The Morgan fingerprint density at radius 3 is 2.96 bits per heavy atom. The lowest BCUT2D eigenvalue weighted by atomic mass is 10.0. The van der Waals surface area contributed by atoms with Crippen molar-refractivity contribution >= 4 is 23.5 Å². The van der Waals surface area contributed by atoms with Crippen LogP contribution in [-0.4, -0.2) is 47.6 Å². The van der Waals surface area contributed by atoms with E-state index >= 15 is 0 Å². The van der Waals surface area contributed by atoms with Crippen LogP contribution in [0.4, 0.5) is 0 Å². The van der Waals surface area contributed by atoms with E-state index < -0.39 is 5.97 Å². The molecule has 6 nitrogen and oxygen atoms in total. The summed E-state index contributed by atoms with van der Waals surface area (Å²) < 4.78 is 5.33. The summed E-state index contributed by atoms with van der Waals surface area (Å²) in [6.45, 7) is 3.41. The number of rotatable bonds is 6. The van der Waals surface area contributed by atoms with Crippen LogP contribution in [0.15, 0.2) is 18.2 Å². The number of nitrogens with zero attached hydrogens (tertiary/aromatic N) is 1. The highest BCUT2D eigenvalue weighted by atomic mass is 35.5. The van der Waals surface area contributed by atoms with E-state index in [2.05, 4.69) is 10.2 Å². The monoisotopic (exact) mass is 340 g/mol. The predicted octanol–water partition coefficient (Wildman–Crippen LogP) is 1.90. The molecule has 0 saturated carbocycles. The van der Waals surface area contributed by atoms with Crippen LogP contribution in [-0.2, 0) is 16.1 Å². The van der Waals surface area contributed by atoms with E-state index in [4.69, 9.17) is 21.4 Å². The van der Waals surface area contributed by atoms with Gasteiger partial charge in [-0.15, -0.1) is 0 Å². The van der Waals surface area contributed by atoms with Crippen LogP contribution < -0.4 is 10.1 Å². The first-order valence-corrected chi connectivity index (χ1v) is 7.94.